The van der Waals surface area contributed by atoms with Crippen LogP contribution in [0, 0.1) is 6.92 Å². The maximum atomic E-state index is 12.9. The van der Waals surface area contributed by atoms with Gasteiger partial charge in [0.1, 0.15) is 11.6 Å². The van der Waals surface area contributed by atoms with Gasteiger partial charge in [0, 0.05) is 43.5 Å². The lowest BCUT2D eigenvalue weighted by atomic mass is 10.2. The van der Waals surface area contributed by atoms with Crippen LogP contribution in [-0.4, -0.2) is 51.9 Å². The Morgan fingerprint density at radius 2 is 1.55 bits per heavy atom. The highest BCUT2D eigenvalue weighted by Gasteiger charge is 2.24. The van der Waals surface area contributed by atoms with E-state index in [1.165, 1.54) is 0 Å². The van der Waals surface area contributed by atoms with Gasteiger partial charge < -0.3 is 14.2 Å². The number of oxazole rings is 1. The molecule has 0 bridgehead atoms. The lowest BCUT2D eigenvalue weighted by Gasteiger charge is -2.35. The smallest absolute Gasteiger partial charge is 0.228 e. The second kappa shape index (κ2) is 9.24. The Hall–Kier alpha value is -4.00. The van der Waals surface area contributed by atoms with E-state index in [1.807, 2.05) is 78.6 Å². The van der Waals surface area contributed by atoms with Gasteiger partial charge in [-0.05, 0) is 25.1 Å². The summed E-state index contributed by atoms with van der Waals surface area (Å²) < 4.78 is 5.81. The van der Waals surface area contributed by atoms with E-state index in [9.17, 15) is 4.79 Å². The predicted molar refractivity (Wildman–Crippen MR) is 127 cm³/mol. The Morgan fingerprint density at radius 3 is 2.24 bits per heavy atom. The average molecular weight is 440 g/mol. The molecule has 166 valence electrons. The molecule has 1 aliphatic heterocycles. The van der Waals surface area contributed by atoms with E-state index in [1.54, 1.807) is 6.20 Å². The minimum atomic E-state index is 0.0679. The fraction of sp³-hybridized carbons (Fsp3) is 0.231. The summed E-state index contributed by atoms with van der Waals surface area (Å²) in [5, 5.41) is 0. The van der Waals surface area contributed by atoms with Crippen molar-refractivity contribution in [1.82, 2.24) is 19.9 Å². The Labute approximate surface area is 192 Å². The molecule has 1 saturated heterocycles. The van der Waals surface area contributed by atoms with Crippen LogP contribution in [0.5, 0.6) is 0 Å². The van der Waals surface area contributed by atoms with Gasteiger partial charge in [-0.1, -0.05) is 48.5 Å². The van der Waals surface area contributed by atoms with Crippen LogP contribution in [0.3, 0.4) is 0 Å². The zero-order valence-electron chi connectivity index (χ0n) is 18.5. The van der Waals surface area contributed by atoms with Gasteiger partial charge in [0.2, 0.25) is 11.8 Å². The molecule has 0 spiro atoms. The molecule has 2 aromatic heterocycles. The number of carbonyl (C=O) groups is 1. The van der Waals surface area contributed by atoms with Crippen molar-refractivity contribution in [3.63, 3.8) is 0 Å². The Kier molecular flexibility index (Phi) is 5.85. The molecule has 3 heterocycles. The zero-order valence-corrected chi connectivity index (χ0v) is 18.5. The van der Waals surface area contributed by atoms with E-state index in [-0.39, 0.29) is 12.3 Å². The van der Waals surface area contributed by atoms with E-state index in [2.05, 4.69) is 14.9 Å². The molecule has 7 heteroatoms. The maximum absolute atomic E-state index is 12.9. The number of hydrogen-bond donors (Lipinski definition) is 0. The molecule has 5 rings (SSSR count). The first-order chi connectivity index (χ1) is 16.2. The number of anilines is 1. The molecule has 0 unspecified atom stereocenters. The molecule has 0 saturated carbocycles. The summed E-state index contributed by atoms with van der Waals surface area (Å²) in [6, 6.07) is 21.6. The highest BCUT2D eigenvalue weighted by atomic mass is 16.4. The van der Waals surface area contributed by atoms with Crippen LogP contribution < -0.4 is 4.90 Å². The monoisotopic (exact) mass is 439 g/mol. The Balaban J connectivity index is 1.21. The van der Waals surface area contributed by atoms with Crippen molar-refractivity contribution >= 4 is 11.7 Å². The predicted octanol–water partition coefficient (Wildman–Crippen LogP) is 4.00. The second-order valence-corrected chi connectivity index (χ2v) is 8.04. The summed E-state index contributed by atoms with van der Waals surface area (Å²) in [5.74, 6) is 2.91. The van der Waals surface area contributed by atoms with E-state index in [0.717, 1.165) is 30.0 Å². The molecule has 4 aromatic rings. The van der Waals surface area contributed by atoms with Crippen LogP contribution in [0.15, 0.2) is 77.3 Å². The molecule has 0 radical (unpaired) electrons. The largest absolute Gasteiger partial charge is 0.441 e. The van der Waals surface area contributed by atoms with Crippen molar-refractivity contribution < 1.29 is 9.21 Å². The summed E-state index contributed by atoms with van der Waals surface area (Å²) in [6.45, 7) is 4.60. The number of nitrogens with zero attached hydrogens (tertiary/aromatic N) is 5. The van der Waals surface area contributed by atoms with Crippen LogP contribution in [0.4, 0.5) is 5.82 Å². The van der Waals surface area contributed by atoms with E-state index >= 15 is 0 Å². The quantitative estimate of drug-likeness (QED) is 0.468. The van der Waals surface area contributed by atoms with Crippen LogP contribution in [-0.2, 0) is 11.2 Å². The number of aryl methyl sites for hydroxylation is 1. The number of piperazine rings is 1. The first-order valence-corrected chi connectivity index (χ1v) is 11.1. The van der Waals surface area contributed by atoms with Gasteiger partial charge in [0.15, 0.2) is 5.82 Å². The standard InChI is InChI=1S/C26H25N5O2/c1-19-22(28-26(33-19)21-10-6-3-7-11-21)18-24(32)31-16-14-30(15-17-31)23-12-13-27-25(29-23)20-8-4-2-5-9-20/h2-13H,14-18H2,1H3. The van der Waals surface area contributed by atoms with Crippen molar-refractivity contribution in [2.75, 3.05) is 31.1 Å². The van der Waals surface area contributed by atoms with Crippen molar-refractivity contribution in [3.8, 4) is 22.8 Å². The minimum absolute atomic E-state index is 0.0679. The lowest BCUT2D eigenvalue weighted by Crippen LogP contribution is -2.49. The van der Waals surface area contributed by atoms with Gasteiger partial charge in [-0.3, -0.25) is 4.79 Å². The molecule has 0 aliphatic carbocycles. The Morgan fingerprint density at radius 1 is 0.879 bits per heavy atom. The first-order valence-electron chi connectivity index (χ1n) is 11.1. The number of carbonyl (C=O) groups excluding carboxylic acids is 1. The molecular formula is C26H25N5O2. The SMILES string of the molecule is Cc1oc(-c2ccccc2)nc1CC(=O)N1CCN(c2ccnc(-c3ccccc3)n2)CC1. The number of hydrogen-bond acceptors (Lipinski definition) is 6. The molecular weight excluding hydrogens is 414 g/mol. The normalized spacial score (nSPS) is 13.8. The molecule has 1 aliphatic rings. The van der Waals surface area contributed by atoms with E-state index in [0.29, 0.717) is 36.3 Å². The molecule has 33 heavy (non-hydrogen) atoms. The van der Waals surface area contributed by atoms with Crippen LogP contribution in [0.1, 0.15) is 11.5 Å². The minimum Gasteiger partial charge on any atom is -0.441 e. The first kappa shape index (κ1) is 20.9. The summed E-state index contributed by atoms with van der Waals surface area (Å²) in [6.07, 6.45) is 2.04. The number of amides is 1. The van der Waals surface area contributed by atoms with Crippen molar-refractivity contribution in [2.24, 2.45) is 0 Å². The highest BCUT2D eigenvalue weighted by Crippen LogP contribution is 2.23. The van der Waals surface area contributed by atoms with Crippen molar-refractivity contribution in [2.45, 2.75) is 13.3 Å². The van der Waals surface area contributed by atoms with Crippen LogP contribution in [0.25, 0.3) is 22.8 Å². The summed E-state index contributed by atoms with van der Waals surface area (Å²) in [7, 11) is 0. The van der Waals surface area contributed by atoms with E-state index in [4.69, 9.17) is 9.40 Å². The molecule has 0 atom stereocenters. The van der Waals surface area contributed by atoms with Crippen molar-refractivity contribution in [1.29, 1.82) is 0 Å². The maximum Gasteiger partial charge on any atom is 0.228 e. The lowest BCUT2D eigenvalue weighted by molar-refractivity contribution is -0.130. The summed E-state index contributed by atoms with van der Waals surface area (Å²) >= 11 is 0. The van der Waals surface area contributed by atoms with Gasteiger partial charge in [-0.2, -0.15) is 0 Å². The number of rotatable bonds is 5. The molecule has 7 nitrogen and oxygen atoms in total. The third-order valence-electron chi connectivity index (χ3n) is 5.86. The average Bonchev–Trinajstić information content (AvgIpc) is 3.25. The molecule has 2 aromatic carbocycles. The third kappa shape index (κ3) is 4.62. The highest BCUT2D eigenvalue weighted by molar-refractivity contribution is 5.79. The fourth-order valence-electron chi connectivity index (χ4n) is 3.99. The topological polar surface area (TPSA) is 75.4 Å². The number of aromatic nitrogens is 3. The van der Waals surface area contributed by atoms with Gasteiger partial charge >= 0.3 is 0 Å². The Bertz CT molecular complexity index is 1230. The van der Waals surface area contributed by atoms with Gasteiger partial charge in [0.05, 0.1) is 12.1 Å². The van der Waals surface area contributed by atoms with Gasteiger partial charge in [-0.25, -0.2) is 15.0 Å². The van der Waals surface area contributed by atoms with Crippen LogP contribution in [0.2, 0.25) is 0 Å². The third-order valence-corrected chi connectivity index (χ3v) is 5.86. The van der Waals surface area contributed by atoms with Gasteiger partial charge in [-0.15, -0.1) is 0 Å². The number of benzene rings is 2. The summed E-state index contributed by atoms with van der Waals surface area (Å²) in [4.78, 5) is 30.8. The molecule has 1 fully saturated rings. The van der Waals surface area contributed by atoms with Crippen LogP contribution >= 0.6 is 0 Å². The zero-order chi connectivity index (χ0) is 22.6. The van der Waals surface area contributed by atoms with Crippen molar-refractivity contribution in [3.05, 3.63) is 84.4 Å². The second-order valence-electron chi connectivity index (χ2n) is 8.04. The summed E-state index contributed by atoms with van der Waals surface area (Å²) in [5.41, 5.74) is 2.60. The fourth-order valence-corrected chi connectivity index (χ4v) is 3.99. The van der Waals surface area contributed by atoms with Gasteiger partial charge in [0.25, 0.3) is 0 Å². The molecule has 1 amide bonds. The molecule has 0 N–H and O–H groups in total. The van der Waals surface area contributed by atoms with E-state index < -0.39 is 0 Å².